The third kappa shape index (κ3) is 5.10. The van der Waals surface area contributed by atoms with E-state index in [2.05, 4.69) is 10.6 Å². The second-order valence-corrected chi connectivity index (χ2v) is 5.77. The molecule has 0 aliphatic heterocycles. The van der Waals surface area contributed by atoms with E-state index in [0.717, 1.165) is 0 Å². The first-order valence-corrected chi connectivity index (χ1v) is 7.84. The normalized spacial score (nSPS) is 9.71. The minimum absolute atomic E-state index is 0.0634. The SMILES string of the molecule is N#Cc1ccccc1NC(=S)NC(=O)COc1ccc(Cl)cc1Cl. The van der Waals surface area contributed by atoms with E-state index in [0.29, 0.717) is 27.0 Å². The number of anilines is 1. The van der Waals surface area contributed by atoms with Crippen molar-refractivity contribution in [2.45, 2.75) is 0 Å². The summed E-state index contributed by atoms with van der Waals surface area (Å²) >= 11 is 16.8. The fourth-order valence-electron chi connectivity index (χ4n) is 1.74. The summed E-state index contributed by atoms with van der Waals surface area (Å²) in [6.45, 7) is -0.275. The number of carbonyl (C=O) groups excluding carboxylic acids is 1. The van der Waals surface area contributed by atoms with Crippen LogP contribution >= 0.6 is 35.4 Å². The Hall–Kier alpha value is -2.33. The third-order valence-corrected chi connectivity index (χ3v) is 3.54. The number of rotatable bonds is 4. The molecule has 1 amide bonds. The Kier molecular flexibility index (Phi) is 6.38. The van der Waals surface area contributed by atoms with Crippen LogP contribution in [0.1, 0.15) is 5.56 Å². The van der Waals surface area contributed by atoms with Crippen LogP contribution < -0.4 is 15.4 Å². The van der Waals surface area contributed by atoms with Crippen LogP contribution in [0.2, 0.25) is 10.0 Å². The van der Waals surface area contributed by atoms with Crippen molar-refractivity contribution in [1.82, 2.24) is 5.32 Å². The van der Waals surface area contributed by atoms with E-state index in [4.69, 9.17) is 45.4 Å². The molecule has 0 radical (unpaired) electrons. The lowest BCUT2D eigenvalue weighted by Gasteiger charge is -2.11. The molecule has 2 aromatic carbocycles. The first-order valence-electron chi connectivity index (χ1n) is 6.67. The largest absolute Gasteiger partial charge is 0.482 e. The number of amides is 1. The fraction of sp³-hybridized carbons (Fsp3) is 0.0625. The van der Waals surface area contributed by atoms with E-state index in [1.165, 1.54) is 6.07 Å². The third-order valence-electron chi connectivity index (χ3n) is 2.80. The van der Waals surface area contributed by atoms with Gasteiger partial charge in [0.25, 0.3) is 5.91 Å². The highest BCUT2D eigenvalue weighted by molar-refractivity contribution is 7.80. The molecule has 2 aromatic rings. The number of para-hydroxylation sites is 1. The predicted molar refractivity (Wildman–Crippen MR) is 97.5 cm³/mol. The van der Waals surface area contributed by atoms with Crippen molar-refractivity contribution < 1.29 is 9.53 Å². The molecule has 0 fully saturated rings. The topological polar surface area (TPSA) is 74.2 Å². The quantitative estimate of drug-likeness (QED) is 0.791. The van der Waals surface area contributed by atoms with Gasteiger partial charge in [-0.15, -0.1) is 0 Å². The molecule has 0 aromatic heterocycles. The smallest absolute Gasteiger partial charge is 0.264 e. The van der Waals surface area contributed by atoms with Gasteiger partial charge in [-0.3, -0.25) is 10.1 Å². The molecule has 5 nitrogen and oxygen atoms in total. The molecule has 0 saturated carbocycles. The molecule has 122 valence electrons. The van der Waals surface area contributed by atoms with Crippen LogP contribution in [0.5, 0.6) is 5.75 Å². The maximum atomic E-state index is 11.9. The lowest BCUT2D eigenvalue weighted by Crippen LogP contribution is -2.37. The molecule has 2 N–H and O–H groups in total. The number of nitrogens with one attached hydrogen (secondary N) is 2. The van der Waals surface area contributed by atoms with Gasteiger partial charge < -0.3 is 10.1 Å². The highest BCUT2D eigenvalue weighted by Gasteiger charge is 2.09. The van der Waals surface area contributed by atoms with E-state index in [1.54, 1.807) is 36.4 Å². The number of hydrogen-bond donors (Lipinski definition) is 2. The van der Waals surface area contributed by atoms with Crippen LogP contribution in [0.15, 0.2) is 42.5 Å². The van der Waals surface area contributed by atoms with Crippen LogP contribution in [-0.4, -0.2) is 17.6 Å². The number of benzene rings is 2. The number of nitrogens with zero attached hydrogens (tertiary/aromatic N) is 1. The molecule has 0 saturated heterocycles. The first kappa shape index (κ1) is 18.0. The lowest BCUT2D eigenvalue weighted by molar-refractivity contribution is -0.121. The molecule has 2 rings (SSSR count). The van der Waals surface area contributed by atoms with Crippen LogP contribution in [-0.2, 0) is 4.79 Å². The number of hydrogen-bond acceptors (Lipinski definition) is 4. The van der Waals surface area contributed by atoms with Crippen molar-refractivity contribution >= 4 is 52.1 Å². The monoisotopic (exact) mass is 379 g/mol. The van der Waals surface area contributed by atoms with Crippen LogP contribution in [0, 0.1) is 11.3 Å². The van der Waals surface area contributed by atoms with Crippen LogP contribution in [0.4, 0.5) is 5.69 Å². The van der Waals surface area contributed by atoms with E-state index < -0.39 is 5.91 Å². The molecule has 0 unspecified atom stereocenters. The summed E-state index contributed by atoms with van der Waals surface area (Å²) in [5.41, 5.74) is 0.922. The maximum Gasteiger partial charge on any atom is 0.264 e. The zero-order valence-electron chi connectivity index (χ0n) is 12.2. The van der Waals surface area contributed by atoms with Gasteiger partial charge >= 0.3 is 0 Å². The molecule has 8 heteroatoms. The Morgan fingerprint density at radius 3 is 2.71 bits per heavy atom. The zero-order chi connectivity index (χ0) is 17.5. The van der Waals surface area contributed by atoms with E-state index in [9.17, 15) is 4.79 Å². The van der Waals surface area contributed by atoms with Gasteiger partial charge in [0, 0.05) is 5.02 Å². The molecule has 0 heterocycles. The van der Waals surface area contributed by atoms with Crippen LogP contribution in [0.25, 0.3) is 0 Å². The molecular weight excluding hydrogens is 369 g/mol. The number of nitriles is 1. The first-order chi connectivity index (χ1) is 11.5. The number of ether oxygens (including phenoxy) is 1. The van der Waals surface area contributed by atoms with Gasteiger partial charge in [0.1, 0.15) is 11.8 Å². The molecule has 24 heavy (non-hydrogen) atoms. The summed E-state index contributed by atoms with van der Waals surface area (Å²) in [6, 6.07) is 13.5. The van der Waals surface area contributed by atoms with Gasteiger partial charge in [-0.2, -0.15) is 5.26 Å². The molecule has 0 aliphatic carbocycles. The Morgan fingerprint density at radius 2 is 2.00 bits per heavy atom. The van der Waals surface area contributed by atoms with Crippen molar-refractivity contribution in [2.24, 2.45) is 0 Å². The summed E-state index contributed by atoms with van der Waals surface area (Å²) in [7, 11) is 0. The predicted octanol–water partition coefficient (Wildman–Crippen LogP) is 3.76. The Labute approximate surface area is 154 Å². The highest BCUT2D eigenvalue weighted by Crippen LogP contribution is 2.27. The summed E-state index contributed by atoms with van der Waals surface area (Å²) in [4.78, 5) is 11.9. The summed E-state index contributed by atoms with van der Waals surface area (Å²) < 4.78 is 5.31. The van der Waals surface area contributed by atoms with Gasteiger partial charge in [-0.1, -0.05) is 35.3 Å². The molecular formula is C16H11Cl2N3O2S. The number of thiocarbonyl (C=S) groups is 1. The van der Waals surface area contributed by atoms with Gasteiger partial charge in [0.05, 0.1) is 16.3 Å². The zero-order valence-corrected chi connectivity index (χ0v) is 14.5. The Bertz CT molecular complexity index is 821. The summed E-state index contributed by atoms with van der Waals surface area (Å²) in [6.07, 6.45) is 0. The van der Waals surface area contributed by atoms with E-state index in [-0.39, 0.29) is 11.7 Å². The van der Waals surface area contributed by atoms with Crippen LogP contribution in [0.3, 0.4) is 0 Å². The Morgan fingerprint density at radius 1 is 1.25 bits per heavy atom. The van der Waals surface area contributed by atoms with Crippen molar-refractivity contribution in [2.75, 3.05) is 11.9 Å². The second-order valence-electron chi connectivity index (χ2n) is 4.52. The van der Waals surface area contributed by atoms with Gasteiger partial charge in [-0.05, 0) is 42.5 Å². The van der Waals surface area contributed by atoms with Crippen molar-refractivity contribution in [1.29, 1.82) is 5.26 Å². The maximum absolute atomic E-state index is 11.9. The van der Waals surface area contributed by atoms with Crippen molar-refractivity contribution in [3.05, 3.63) is 58.1 Å². The van der Waals surface area contributed by atoms with E-state index in [1.807, 2.05) is 6.07 Å². The Balaban J connectivity index is 1.88. The average molecular weight is 380 g/mol. The highest BCUT2D eigenvalue weighted by atomic mass is 35.5. The summed E-state index contributed by atoms with van der Waals surface area (Å²) in [5, 5.41) is 15.1. The molecule has 0 bridgehead atoms. The number of carbonyl (C=O) groups is 1. The lowest BCUT2D eigenvalue weighted by atomic mass is 10.2. The minimum Gasteiger partial charge on any atom is -0.482 e. The standard InChI is InChI=1S/C16H11Cl2N3O2S/c17-11-5-6-14(12(18)7-11)23-9-15(22)21-16(24)20-13-4-2-1-3-10(13)8-19/h1-7H,9H2,(H2,20,21,22,24). The van der Waals surface area contributed by atoms with Gasteiger partial charge in [0.15, 0.2) is 11.7 Å². The number of halogens is 2. The molecule has 0 spiro atoms. The van der Waals surface area contributed by atoms with E-state index >= 15 is 0 Å². The van der Waals surface area contributed by atoms with Gasteiger partial charge in [0.2, 0.25) is 0 Å². The molecule has 0 aliphatic rings. The second kappa shape index (κ2) is 8.50. The minimum atomic E-state index is -0.465. The van der Waals surface area contributed by atoms with Crippen molar-refractivity contribution in [3.63, 3.8) is 0 Å². The summed E-state index contributed by atoms with van der Waals surface area (Å²) in [5.74, 6) is -0.127. The van der Waals surface area contributed by atoms with Gasteiger partial charge in [-0.25, -0.2) is 0 Å². The van der Waals surface area contributed by atoms with Crippen molar-refractivity contribution in [3.8, 4) is 11.8 Å². The molecule has 0 atom stereocenters. The fourth-order valence-corrected chi connectivity index (χ4v) is 2.43. The average Bonchev–Trinajstić information content (AvgIpc) is 2.54.